The predicted octanol–water partition coefficient (Wildman–Crippen LogP) is 2.72. The van der Waals surface area contributed by atoms with Crippen LogP contribution in [0.1, 0.15) is 43.2 Å². The molecule has 2 rings (SSSR count). The summed E-state index contributed by atoms with van der Waals surface area (Å²) in [5.74, 6) is 1.02. The fourth-order valence-corrected chi connectivity index (χ4v) is 2.05. The van der Waals surface area contributed by atoms with Crippen LogP contribution in [0.15, 0.2) is 35.5 Å². The van der Waals surface area contributed by atoms with Gasteiger partial charge >= 0.3 is 0 Å². The lowest BCUT2D eigenvalue weighted by atomic mass is 10.0. The van der Waals surface area contributed by atoms with Crippen molar-refractivity contribution in [3.63, 3.8) is 0 Å². The van der Waals surface area contributed by atoms with Gasteiger partial charge in [-0.25, -0.2) is 9.97 Å². The number of nitrogens with one attached hydrogen (secondary N) is 1. The van der Waals surface area contributed by atoms with Gasteiger partial charge in [-0.05, 0) is 19.0 Å². The van der Waals surface area contributed by atoms with Crippen LogP contribution in [0.2, 0.25) is 0 Å². The molecule has 2 aromatic rings. The summed E-state index contributed by atoms with van der Waals surface area (Å²) in [7, 11) is 0. The van der Waals surface area contributed by atoms with Crippen molar-refractivity contribution in [2.75, 3.05) is 6.54 Å². The fraction of sp³-hybridized carbons (Fsp3) is 0.429. The molecule has 0 saturated carbocycles. The minimum atomic E-state index is 0.111. The number of furan rings is 1. The molecule has 0 spiro atoms. The van der Waals surface area contributed by atoms with E-state index in [4.69, 9.17) is 4.42 Å². The Balaban J connectivity index is 2.31. The molecule has 18 heavy (non-hydrogen) atoms. The topological polar surface area (TPSA) is 51.0 Å². The summed E-state index contributed by atoms with van der Waals surface area (Å²) < 4.78 is 5.52. The maximum Gasteiger partial charge on any atom is 0.115 e. The van der Waals surface area contributed by atoms with Gasteiger partial charge in [-0.2, -0.15) is 0 Å². The van der Waals surface area contributed by atoms with E-state index in [1.807, 2.05) is 18.5 Å². The Morgan fingerprint density at radius 2 is 2.06 bits per heavy atom. The molecule has 4 nitrogen and oxygen atoms in total. The quantitative estimate of drug-likeness (QED) is 0.850. The van der Waals surface area contributed by atoms with Crippen LogP contribution in [-0.2, 0) is 6.42 Å². The molecule has 0 radical (unpaired) electrons. The zero-order valence-corrected chi connectivity index (χ0v) is 10.9. The van der Waals surface area contributed by atoms with Crippen molar-refractivity contribution in [2.24, 2.45) is 0 Å². The second-order valence-corrected chi connectivity index (χ2v) is 4.21. The minimum absolute atomic E-state index is 0.111. The maximum absolute atomic E-state index is 5.52. The largest absolute Gasteiger partial charge is 0.469 e. The third-order valence-corrected chi connectivity index (χ3v) is 2.92. The van der Waals surface area contributed by atoms with Crippen LogP contribution >= 0.6 is 0 Å². The molecule has 0 fully saturated rings. The summed E-state index contributed by atoms with van der Waals surface area (Å²) in [6.45, 7) is 5.20. The van der Waals surface area contributed by atoms with E-state index in [1.54, 1.807) is 12.6 Å². The Morgan fingerprint density at radius 1 is 1.28 bits per heavy atom. The predicted molar refractivity (Wildman–Crippen MR) is 70.3 cm³/mol. The van der Waals surface area contributed by atoms with Crippen molar-refractivity contribution in [2.45, 2.75) is 32.7 Å². The molecule has 96 valence electrons. The molecule has 0 aliphatic carbocycles. The number of rotatable bonds is 6. The molecule has 0 aromatic carbocycles. The Kier molecular flexibility index (Phi) is 4.47. The van der Waals surface area contributed by atoms with E-state index in [0.717, 1.165) is 30.7 Å². The van der Waals surface area contributed by atoms with Crippen molar-refractivity contribution in [1.29, 1.82) is 0 Å². The number of nitrogens with zero attached hydrogens (tertiary/aromatic N) is 2. The second-order valence-electron chi connectivity index (χ2n) is 4.21. The van der Waals surface area contributed by atoms with Gasteiger partial charge in [0.2, 0.25) is 0 Å². The van der Waals surface area contributed by atoms with E-state index >= 15 is 0 Å². The first-order valence-corrected chi connectivity index (χ1v) is 6.41. The molecular weight excluding hydrogens is 226 g/mol. The van der Waals surface area contributed by atoms with Crippen molar-refractivity contribution in [3.8, 4) is 0 Å². The summed E-state index contributed by atoms with van der Waals surface area (Å²) in [4.78, 5) is 8.19. The van der Waals surface area contributed by atoms with Crippen molar-refractivity contribution in [1.82, 2.24) is 15.3 Å². The summed E-state index contributed by atoms with van der Waals surface area (Å²) in [5.41, 5.74) is 2.25. The molecule has 0 bridgehead atoms. The highest BCUT2D eigenvalue weighted by atomic mass is 16.3. The van der Waals surface area contributed by atoms with Gasteiger partial charge in [0.05, 0.1) is 12.3 Å². The van der Waals surface area contributed by atoms with Gasteiger partial charge in [-0.3, -0.25) is 0 Å². The summed E-state index contributed by atoms with van der Waals surface area (Å²) in [5, 5.41) is 3.52. The van der Waals surface area contributed by atoms with Gasteiger partial charge in [-0.1, -0.05) is 13.8 Å². The first-order valence-electron chi connectivity index (χ1n) is 6.41. The molecule has 2 heterocycles. The highest BCUT2D eigenvalue weighted by molar-refractivity contribution is 5.30. The molecule has 0 saturated heterocycles. The third kappa shape index (κ3) is 2.76. The Morgan fingerprint density at radius 3 is 2.72 bits per heavy atom. The molecule has 1 N–H and O–H groups in total. The van der Waals surface area contributed by atoms with E-state index in [0.29, 0.717) is 0 Å². The molecular formula is C14H19N3O. The first-order chi connectivity index (χ1) is 8.86. The number of hydrogen-bond donors (Lipinski definition) is 1. The van der Waals surface area contributed by atoms with Crippen LogP contribution in [0.4, 0.5) is 0 Å². The van der Waals surface area contributed by atoms with Crippen LogP contribution in [0, 0.1) is 0 Å². The zero-order valence-electron chi connectivity index (χ0n) is 10.9. The Labute approximate surface area is 107 Å². The average Bonchev–Trinajstić information content (AvgIpc) is 2.89. The van der Waals surface area contributed by atoms with Crippen molar-refractivity contribution < 1.29 is 4.42 Å². The zero-order chi connectivity index (χ0) is 12.8. The lowest BCUT2D eigenvalue weighted by Gasteiger charge is -2.18. The first kappa shape index (κ1) is 12.8. The average molecular weight is 245 g/mol. The molecule has 4 heteroatoms. The van der Waals surface area contributed by atoms with E-state index in [1.165, 1.54) is 5.56 Å². The van der Waals surface area contributed by atoms with Crippen molar-refractivity contribution in [3.05, 3.63) is 47.9 Å². The summed E-state index contributed by atoms with van der Waals surface area (Å²) >= 11 is 0. The monoisotopic (exact) mass is 245 g/mol. The van der Waals surface area contributed by atoms with E-state index < -0.39 is 0 Å². The summed E-state index contributed by atoms with van der Waals surface area (Å²) in [6, 6.07) is 2.14. The molecule has 1 unspecified atom stereocenters. The maximum atomic E-state index is 5.52. The van der Waals surface area contributed by atoms with E-state index in [9.17, 15) is 0 Å². The van der Waals surface area contributed by atoms with Gasteiger partial charge in [0.15, 0.2) is 0 Å². The molecule has 0 aliphatic heterocycles. The molecule has 0 aliphatic rings. The normalized spacial score (nSPS) is 12.6. The number of hydrogen-bond acceptors (Lipinski definition) is 4. The van der Waals surface area contributed by atoms with Gasteiger partial charge < -0.3 is 9.73 Å². The molecule has 2 aromatic heterocycles. The summed E-state index contributed by atoms with van der Waals surface area (Å²) in [6.07, 6.45) is 8.98. The number of aryl methyl sites for hydroxylation is 1. The van der Waals surface area contributed by atoms with Crippen LogP contribution in [0.25, 0.3) is 0 Å². The lowest BCUT2D eigenvalue weighted by Crippen LogP contribution is -2.23. The highest BCUT2D eigenvalue weighted by Gasteiger charge is 2.18. The lowest BCUT2D eigenvalue weighted by molar-refractivity contribution is 0.499. The third-order valence-electron chi connectivity index (χ3n) is 2.92. The molecule has 1 atom stereocenters. The van der Waals surface area contributed by atoms with Crippen LogP contribution in [-0.4, -0.2) is 16.5 Å². The van der Waals surface area contributed by atoms with Crippen LogP contribution in [0.3, 0.4) is 0 Å². The second kappa shape index (κ2) is 6.31. The van der Waals surface area contributed by atoms with Gasteiger partial charge in [0.1, 0.15) is 12.1 Å². The van der Waals surface area contributed by atoms with Gasteiger partial charge in [0.25, 0.3) is 0 Å². The Hall–Kier alpha value is -1.68. The van der Waals surface area contributed by atoms with Gasteiger partial charge in [-0.15, -0.1) is 0 Å². The Bertz CT molecular complexity index is 467. The van der Waals surface area contributed by atoms with Crippen LogP contribution < -0.4 is 5.32 Å². The van der Waals surface area contributed by atoms with Gasteiger partial charge in [0, 0.05) is 29.9 Å². The fourth-order valence-electron chi connectivity index (χ4n) is 2.05. The van der Waals surface area contributed by atoms with E-state index in [2.05, 4.69) is 29.1 Å². The standard InChI is InChI=1S/C14H19N3O/c1-3-6-17-14(11-8-15-10-16-9-11)12-5-7-18-13(12)4-2/h5,7-10,14,17H,3-4,6H2,1-2H3. The van der Waals surface area contributed by atoms with Crippen molar-refractivity contribution >= 4 is 0 Å². The number of aromatic nitrogens is 2. The van der Waals surface area contributed by atoms with Crippen LogP contribution in [0.5, 0.6) is 0 Å². The molecule has 0 amide bonds. The smallest absolute Gasteiger partial charge is 0.115 e. The van der Waals surface area contributed by atoms with E-state index in [-0.39, 0.29) is 6.04 Å². The SMILES string of the molecule is CCCNC(c1cncnc1)c1ccoc1CC. The highest BCUT2D eigenvalue weighted by Crippen LogP contribution is 2.25. The minimum Gasteiger partial charge on any atom is -0.469 e.